The Labute approximate surface area is 201 Å². The van der Waals surface area contributed by atoms with Gasteiger partial charge in [0.15, 0.2) is 0 Å². The van der Waals surface area contributed by atoms with E-state index in [0.29, 0.717) is 11.8 Å². The number of benzene rings is 2. The highest BCUT2D eigenvalue weighted by Crippen LogP contribution is 2.39. The summed E-state index contributed by atoms with van der Waals surface area (Å²) in [6.45, 7) is 7.40. The van der Waals surface area contributed by atoms with E-state index < -0.39 is 14.3 Å². The van der Waals surface area contributed by atoms with Crippen LogP contribution in [0.4, 0.5) is 0 Å². The van der Waals surface area contributed by atoms with Crippen molar-refractivity contribution >= 4 is 36.3 Å². The van der Waals surface area contributed by atoms with Crippen LogP contribution in [0.5, 0.6) is 0 Å². The average molecular weight is 480 g/mol. The second-order valence-electron chi connectivity index (χ2n) is 9.85. The van der Waals surface area contributed by atoms with Gasteiger partial charge < -0.3 is 9.53 Å². The molecule has 4 rings (SSSR count). The Bertz CT molecular complexity index is 1090. The fourth-order valence-electron chi connectivity index (χ4n) is 5.16. The lowest BCUT2D eigenvalue weighted by Crippen LogP contribution is -2.66. The van der Waals surface area contributed by atoms with Crippen LogP contribution < -0.4 is 10.4 Å². The molecule has 4 nitrogen and oxygen atoms in total. The summed E-state index contributed by atoms with van der Waals surface area (Å²) < 4.78 is 7.10. The van der Waals surface area contributed by atoms with Crippen LogP contribution in [0.3, 0.4) is 0 Å². The lowest BCUT2D eigenvalue weighted by molar-refractivity contribution is -0.136. The Balaban J connectivity index is 1.68. The molecule has 1 aliphatic carbocycles. The van der Waals surface area contributed by atoms with Gasteiger partial charge in [0.2, 0.25) is 0 Å². The minimum Gasteiger partial charge on any atom is -0.481 e. The van der Waals surface area contributed by atoms with Crippen molar-refractivity contribution in [2.45, 2.75) is 45.1 Å². The van der Waals surface area contributed by atoms with Gasteiger partial charge in [-0.3, -0.25) is 4.79 Å². The largest absolute Gasteiger partial charge is 0.481 e. The van der Waals surface area contributed by atoms with Crippen molar-refractivity contribution in [2.75, 3.05) is 6.61 Å². The van der Waals surface area contributed by atoms with Crippen molar-refractivity contribution in [3.63, 3.8) is 0 Å². The van der Waals surface area contributed by atoms with E-state index in [1.807, 2.05) is 12.1 Å². The van der Waals surface area contributed by atoms with Crippen molar-refractivity contribution in [1.29, 1.82) is 0 Å². The number of aliphatic carboxylic acids is 1. The third kappa shape index (κ3) is 4.63. The minimum absolute atomic E-state index is 0.0329. The number of rotatable bonds is 7. The lowest BCUT2D eigenvalue weighted by atomic mass is 10.0. The van der Waals surface area contributed by atoms with Crippen LogP contribution in [-0.2, 0) is 28.5 Å². The van der Waals surface area contributed by atoms with Gasteiger partial charge in [-0.05, 0) is 50.9 Å². The molecule has 1 aromatic heterocycles. The molecular weight excluding hydrogens is 450 g/mol. The molecule has 0 saturated heterocycles. The van der Waals surface area contributed by atoms with Gasteiger partial charge >= 0.3 is 5.97 Å². The number of halogens is 1. The molecule has 1 unspecified atom stereocenters. The Morgan fingerprint density at radius 1 is 1.03 bits per heavy atom. The van der Waals surface area contributed by atoms with Crippen LogP contribution in [0, 0.1) is 5.92 Å². The van der Waals surface area contributed by atoms with Crippen molar-refractivity contribution in [1.82, 2.24) is 4.98 Å². The summed E-state index contributed by atoms with van der Waals surface area (Å²) in [5.41, 5.74) is 2.77. The first-order valence-electron chi connectivity index (χ1n) is 11.3. The molecule has 0 bridgehead atoms. The molecule has 0 fully saturated rings. The molecule has 6 heteroatoms. The number of pyridine rings is 1. The van der Waals surface area contributed by atoms with Crippen LogP contribution in [0.1, 0.15) is 37.5 Å². The molecule has 2 aromatic carbocycles. The zero-order chi connectivity index (χ0) is 23.6. The third-order valence-electron chi connectivity index (χ3n) is 6.61. The van der Waals surface area contributed by atoms with E-state index in [4.69, 9.17) is 16.0 Å². The first kappa shape index (κ1) is 23.7. The molecule has 0 amide bonds. The Morgan fingerprint density at radius 3 is 2.09 bits per heavy atom. The number of hydrogen-bond donors (Lipinski definition) is 1. The molecule has 3 aromatic rings. The smallest absolute Gasteiger partial charge is 0.307 e. The van der Waals surface area contributed by atoms with E-state index in [9.17, 15) is 9.90 Å². The fourth-order valence-corrected chi connectivity index (χ4v) is 10.0. The van der Waals surface area contributed by atoms with Crippen LogP contribution >= 0.6 is 11.6 Å². The third-order valence-corrected chi connectivity index (χ3v) is 11.9. The van der Waals surface area contributed by atoms with Crippen molar-refractivity contribution < 1.29 is 14.3 Å². The average Bonchev–Trinajstić information content (AvgIpc) is 3.22. The summed E-state index contributed by atoms with van der Waals surface area (Å²) in [6, 6.07) is 21.2. The summed E-state index contributed by atoms with van der Waals surface area (Å²) in [5, 5.41) is 12.2. The summed E-state index contributed by atoms with van der Waals surface area (Å²) >= 11 is 6.41. The Kier molecular flexibility index (Phi) is 6.75. The van der Waals surface area contributed by atoms with Crippen LogP contribution in [0.15, 0.2) is 66.9 Å². The number of carbonyl (C=O) groups is 1. The maximum atomic E-state index is 11.3. The molecule has 1 heterocycles. The van der Waals surface area contributed by atoms with Gasteiger partial charge in [-0.15, -0.1) is 0 Å². The van der Waals surface area contributed by atoms with Gasteiger partial charge in [0.05, 0.1) is 6.42 Å². The maximum absolute atomic E-state index is 11.3. The molecular formula is C27H30ClNO3Si. The topological polar surface area (TPSA) is 59.4 Å². The van der Waals surface area contributed by atoms with E-state index in [1.54, 1.807) is 6.20 Å². The maximum Gasteiger partial charge on any atom is 0.307 e. The monoisotopic (exact) mass is 479 g/mol. The number of fused-ring (bicyclic) bond motifs is 1. The zero-order valence-electron chi connectivity index (χ0n) is 19.3. The molecule has 0 spiro atoms. The fraction of sp³-hybridized carbons (Fsp3) is 0.333. The number of nitrogens with zero attached hydrogens (tertiary/aromatic N) is 1. The quantitative estimate of drug-likeness (QED) is 0.395. The predicted molar refractivity (Wildman–Crippen MR) is 135 cm³/mol. The van der Waals surface area contributed by atoms with Crippen LogP contribution in [0.25, 0.3) is 0 Å². The minimum atomic E-state index is -2.62. The summed E-state index contributed by atoms with van der Waals surface area (Å²) in [7, 11) is -2.62. The second-order valence-corrected chi connectivity index (χ2v) is 14.5. The number of aromatic nitrogens is 1. The normalized spacial score (nSPS) is 15.9. The van der Waals surface area contributed by atoms with Crippen LogP contribution in [-0.4, -0.2) is 31.0 Å². The molecule has 0 aliphatic heterocycles. The molecule has 0 saturated carbocycles. The molecule has 1 atom stereocenters. The lowest BCUT2D eigenvalue weighted by Gasteiger charge is -2.43. The highest BCUT2D eigenvalue weighted by atomic mass is 35.5. The number of carboxylic acid groups (broad SMARTS) is 1. The van der Waals surface area contributed by atoms with E-state index in [0.717, 1.165) is 29.5 Å². The summed E-state index contributed by atoms with van der Waals surface area (Å²) in [6.07, 6.45) is 3.10. The Morgan fingerprint density at radius 2 is 1.58 bits per heavy atom. The Hall–Kier alpha value is -2.47. The van der Waals surface area contributed by atoms with Crippen molar-refractivity contribution in [3.05, 3.63) is 88.7 Å². The van der Waals surface area contributed by atoms with Gasteiger partial charge in [0.1, 0.15) is 5.15 Å². The van der Waals surface area contributed by atoms with E-state index in [1.165, 1.54) is 10.4 Å². The van der Waals surface area contributed by atoms with E-state index >= 15 is 0 Å². The van der Waals surface area contributed by atoms with Gasteiger partial charge in [-0.2, -0.15) is 0 Å². The first-order valence-corrected chi connectivity index (χ1v) is 13.6. The van der Waals surface area contributed by atoms with E-state index in [2.05, 4.69) is 74.3 Å². The highest BCUT2D eigenvalue weighted by Gasteiger charge is 2.50. The highest BCUT2D eigenvalue weighted by molar-refractivity contribution is 6.99. The van der Waals surface area contributed by atoms with E-state index in [-0.39, 0.29) is 17.4 Å². The standard InChI is InChI=1S/C27H30ClNO3Si/c1-27(2,3)33(21-10-6-4-7-11-21,22-12-8-5-9-13-22)32-18-19-14-23-20(16-25(30)31)17-29-26(28)24(23)15-19/h4-13,17,19H,14-16,18H2,1-3H3,(H,30,31). The summed E-state index contributed by atoms with van der Waals surface area (Å²) in [4.78, 5) is 15.6. The predicted octanol–water partition coefficient (Wildman–Crippen LogP) is 4.65. The number of carboxylic acids is 1. The van der Waals surface area contributed by atoms with Crippen molar-refractivity contribution in [3.8, 4) is 0 Å². The van der Waals surface area contributed by atoms with Gasteiger partial charge in [0, 0.05) is 12.8 Å². The van der Waals surface area contributed by atoms with Gasteiger partial charge in [0.25, 0.3) is 8.32 Å². The number of hydrogen-bond acceptors (Lipinski definition) is 3. The zero-order valence-corrected chi connectivity index (χ0v) is 21.1. The van der Waals surface area contributed by atoms with Gasteiger partial charge in [-0.25, -0.2) is 4.98 Å². The molecule has 1 N–H and O–H groups in total. The molecule has 172 valence electrons. The molecule has 0 radical (unpaired) electrons. The van der Waals surface area contributed by atoms with Crippen molar-refractivity contribution in [2.24, 2.45) is 5.92 Å². The second kappa shape index (κ2) is 9.41. The molecule has 1 aliphatic rings. The SMILES string of the molecule is CC(C)(C)[Si](OCC1Cc2c(CC(=O)O)cnc(Cl)c2C1)(c1ccccc1)c1ccccc1. The van der Waals surface area contributed by atoms with Gasteiger partial charge in [-0.1, -0.05) is 93.0 Å². The first-order chi connectivity index (χ1) is 15.7. The summed E-state index contributed by atoms with van der Waals surface area (Å²) in [5.74, 6) is -0.621. The van der Waals surface area contributed by atoms with Crippen LogP contribution in [0.2, 0.25) is 10.2 Å². The molecule has 33 heavy (non-hydrogen) atoms.